The summed E-state index contributed by atoms with van der Waals surface area (Å²) >= 11 is 6.18. The van der Waals surface area contributed by atoms with Crippen LogP contribution in [0.2, 0.25) is 5.15 Å². The molecule has 2 N–H and O–H groups in total. The molecular formula is C15H12ClN5O2. The van der Waals surface area contributed by atoms with Crippen LogP contribution in [0.3, 0.4) is 0 Å². The maximum atomic E-state index is 6.18. The number of para-hydroxylation sites is 2. The van der Waals surface area contributed by atoms with Gasteiger partial charge in [0.15, 0.2) is 28.3 Å². The van der Waals surface area contributed by atoms with Crippen molar-refractivity contribution in [3.8, 4) is 28.9 Å². The average molecular weight is 330 g/mol. The molecule has 0 unspecified atom stereocenters. The minimum atomic E-state index is 0.0610. The summed E-state index contributed by atoms with van der Waals surface area (Å²) in [5.41, 5.74) is 5.94. The minimum absolute atomic E-state index is 0.0610. The van der Waals surface area contributed by atoms with E-state index in [9.17, 15) is 0 Å². The molecule has 0 saturated carbocycles. The number of hydrogen-bond donors (Lipinski definition) is 1. The monoisotopic (exact) mass is 329 g/mol. The molecule has 0 fully saturated rings. The van der Waals surface area contributed by atoms with Gasteiger partial charge < -0.3 is 15.2 Å². The van der Waals surface area contributed by atoms with Crippen LogP contribution in [0.1, 0.15) is 0 Å². The molecule has 1 aromatic carbocycles. The quantitative estimate of drug-likeness (QED) is 0.735. The SMILES string of the molecule is COc1ccccc1Oc1c(N)nc(-c2ncccn2)nc1Cl. The fraction of sp³-hybridized carbons (Fsp3) is 0.0667. The van der Waals surface area contributed by atoms with E-state index in [0.29, 0.717) is 17.3 Å². The van der Waals surface area contributed by atoms with E-state index < -0.39 is 0 Å². The fourth-order valence-corrected chi connectivity index (χ4v) is 2.08. The Balaban J connectivity index is 1.98. The van der Waals surface area contributed by atoms with Gasteiger partial charge in [-0.05, 0) is 18.2 Å². The number of hydrogen-bond acceptors (Lipinski definition) is 7. The lowest BCUT2D eigenvalue weighted by Crippen LogP contribution is -2.03. The molecule has 0 saturated heterocycles. The Hall–Kier alpha value is -2.93. The maximum Gasteiger partial charge on any atom is 0.206 e. The van der Waals surface area contributed by atoms with Gasteiger partial charge in [-0.1, -0.05) is 23.7 Å². The second-order valence-electron chi connectivity index (χ2n) is 4.38. The van der Waals surface area contributed by atoms with Crippen molar-refractivity contribution in [2.45, 2.75) is 0 Å². The number of nitrogens with zero attached hydrogens (tertiary/aromatic N) is 4. The summed E-state index contributed by atoms with van der Waals surface area (Å²) in [6, 6.07) is 8.79. The number of anilines is 1. The highest BCUT2D eigenvalue weighted by Crippen LogP contribution is 2.37. The molecular weight excluding hydrogens is 318 g/mol. The number of nitrogens with two attached hydrogens (primary N) is 1. The standard InChI is InChI=1S/C15H12ClN5O2/c1-22-9-5-2-3-6-10(9)23-11-12(16)20-15(21-13(11)17)14-18-7-4-8-19-14/h2-8H,1H3,(H2,17,20,21). The van der Waals surface area contributed by atoms with Crippen molar-refractivity contribution in [3.05, 3.63) is 47.9 Å². The molecule has 0 spiro atoms. The Kier molecular flexibility index (Phi) is 4.20. The summed E-state index contributed by atoms with van der Waals surface area (Å²) in [6.07, 6.45) is 3.16. The number of nitrogen functional groups attached to an aromatic ring is 1. The fourth-order valence-electron chi connectivity index (χ4n) is 1.86. The van der Waals surface area contributed by atoms with Crippen LogP contribution in [0.15, 0.2) is 42.7 Å². The highest BCUT2D eigenvalue weighted by molar-refractivity contribution is 6.31. The van der Waals surface area contributed by atoms with Crippen LogP contribution in [-0.2, 0) is 0 Å². The first-order chi connectivity index (χ1) is 11.2. The molecule has 2 heterocycles. The summed E-state index contributed by atoms with van der Waals surface area (Å²) < 4.78 is 10.9. The summed E-state index contributed by atoms with van der Waals surface area (Å²) in [4.78, 5) is 16.4. The van der Waals surface area contributed by atoms with Gasteiger partial charge in [0.05, 0.1) is 7.11 Å². The van der Waals surface area contributed by atoms with Crippen molar-refractivity contribution in [1.82, 2.24) is 19.9 Å². The molecule has 0 aliphatic rings. The van der Waals surface area contributed by atoms with E-state index in [1.54, 1.807) is 43.8 Å². The van der Waals surface area contributed by atoms with Gasteiger partial charge in [0.2, 0.25) is 11.6 Å². The predicted octanol–water partition coefficient (Wildman–Crippen LogP) is 2.97. The molecule has 0 atom stereocenters. The highest BCUT2D eigenvalue weighted by Gasteiger charge is 2.17. The molecule has 7 nitrogen and oxygen atoms in total. The van der Waals surface area contributed by atoms with E-state index in [1.807, 2.05) is 6.07 Å². The third-order valence-corrected chi connectivity index (χ3v) is 3.15. The minimum Gasteiger partial charge on any atom is -0.493 e. The smallest absolute Gasteiger partial charge is 0.206 e. The number of aromatic nitrogens is 4. The van der Waals surface area contributed by atoms with Gasteiger partial charge in [0.1, 0.15) is 0 Å². The lowest BCUT2D eigenvalue weighted by Gasteiger charge is -2.12. The highest BCUT2D eigenvalue weighted by atomic mass is 35.5. The first-order valence-corrected chi connectivity index (χ1v) is 6.98. The zero-order valence-electron chi connectivity index (χ0n) is 12.1. The molecule has 23 heavy (non-hydrogen) atoms. The van der Waals surface area contributed by atoms with Gasteiger partial charge in [-0.15, -0.1) is 0 Å². The predicted molar refractivity (Wildman–Crippen MR) is 85.5 cm³/mol. The Labute approximate surface area is 137 Å². The third-order valence-electron chi connectivity index (χ3n) is 2.90. The third kappa shape index (κ3) is 3.14. The van der Waals surface area contributed by atoms with Gasteiger partial charge in [-0.2, -0.15) is 0 Å². The lowest BCUT2D eigenvalue weighted by molar-refractivity contribution is 0.378. The van der Waals surface area contributed by atoms with E-state index in [4.69, 9.17) is 26.8 Å². The van der Waals surface area contributed by atoms with Crippen molar-refractivity contribution in [1.29, 1.82) is 0 Å². The maximum absolute atomic E-state index is 6.18. The van der Waals surface area contributed by atoms with Crippen LogP contribution in [0.25, 0.3) is 11.6 Å². The topological polar surface area (TPSA) is 96.0 Å². The Morgan fingerprint density at radius 1 is 0.957 bits per heavy atom. The molecule has 2 aromatic heterocycles. The van der Waals surface area contributed by atoms with Crippen LogP contribution >= 0.6 is 11.6 Å². The van der Waals surface area contributed by atoms with Crippen LogP contribution in [0, 0.1) is 0 Å². The van der Waals surface area contributed by atoms with Crippen molar-refractivity contribution < 1.29 is 9.47 Å². The van der Waals surface area contributed by atoms with Gasteiger partial charge in [0.25, 0.3) is 0 Å². The van der Waals surface area contributed by atoms with Gasteiger partial charge in [-0.3, -0.25) is 0 Å². The average Bonchev–Trinajstić information content (AvgIpc) is 2.59. The van der Waals surface area contributed by atoms with Crippen LogP contribution in [0.5, 0.6) is 17.2 Å². The molecule has 8 heteroatoms. The van der Waals surface area contributed by atoms with E-state index >= 15 is 0 Å². The second kappa shape index (κ2) is 6.45. The zero-order chi connectivity index (χ0) is 16.2. The summed E-state index contributed by atoms with van der Waals surface area (Å²) in [6.45, 7) is 0. The van der Waals surface area contributed by atoms with E-state index in [0.717, 1.165) is 0 Å². The van der Waals surface area contributed by atoms with Crippen LogP contribution in [-0.4, -0.2) is 27.0 Å². The number of methoxy groups -OCH3 is 1. The van der Waals surface area contributed by atoms with Gasteiger partial charge >= 0.3 is 0 Å². The first-order valence-electron chi connectivity index (χ1n) is 6.60. The van der Waals surface area contributed by atoms with Gasteiger partial charge in [-0.25, -0.2) is 19.9 Å². The summed E-state index contributed by atoms with van der Waals surface area (Å²) in [7, 11) is 1.54. The van der Waals surface area contributed by atoms with E-state index in [1.165, 1.54) is 0 Å². The molecule has 0 amide bonds. The van der Waals surface area contributed by atoms with Crippen molar-refractivity contribution in [2.75, 3.05) is 12.8 Å². The van der Waals surface area contributed by atoms with Crippen LogP contribution < -0.4 is 15.2 Å². The molecule has 0 aliphatic carbocycles. The Bertz CT molecular complexity index is 806. The molecule has 3 rings (SSSR count). The van der Waals surface area contributed by atoms with Crippen LogP contribution in [0.4, 0.5) is 5.82 Å². The zero-order valence-corrected chi connectivity index (χ0v) is 12.9. The lowest BCUT2D eigenvalue weighted by atomic mass is 10.3. The summed E-state index contributed by atoms with van der Waals surface area (Å²) in [5, 5.41) is 0.0610. The molecule has 0 radical (unpaired) electrons. The molecule has 3 aromatic rings. The largest absolute Gasteiger partial charge is 0.493 e. The van der Waals surface area contributed by atoms with Crippen molar-refractivity contribution >= 4 is 17.4 Å². The van der Waals surface area contributed by atoms with E-state index in [-0.39, 0.29) is 22.5 Å². The first kappa shape index (κ1) is 15.0. The Morgan fingerprint density at radius 3 is 2.30 bits per heavy atom. The summed E-state index contributed by atoms with van der Waals surface area (Å²) in [5.74, 6) is 1.77. The van der Waals surface area contributed by atoms with Gasteiger partial charge in [0, 0.05) is 12.4 Å². The number of ether oxygens (including phenoxy) is 2. The Morgan fingerprint density at radius 2 is 1.65 bits per heavy atom. The normalized spacial score (nSPS) is 10.3. The second-order valence-corrected chi connectivity index (χ2v) is 4.74. The van der Waals surface area contributed by atoms with Crippen molar-refractivity contribution in [3.63, 3.8) is 0 Å². The van der Waals surface area contributed by atoms with Crippen molar-refractivity contribution in [2.24, 2.45) is 0 Å². The molecule has 0 aliphatic heterocycles. The number of benzene rings is 1. The van der Waals surface area contributed by atoms with E-state index in [2.05, 4.69) is 19.9 Å². The number of halogens is 1. The molecule has 116 valence electrons. The molecule has 0 bridgehead atoms. The number of rotatable bonds is 4.